The first-order chi connectivity index (χ1) is 7.16. The van der Waals surface area contributed by atoms with Gasteiger partial charge >= 0.3 is 0 Å². The van der Waals surface area contributed by atoms with Crippen molar-refractivity contribution in [2.24, 2.45) is 5.92 Å². The standard InChI is InChI=1S/C11H15FN2O/c1-8-4-5-14(7-10(8)15)11-3-2-9(12)6-13-11/h2-3,6,8,10,15H,4-5,7H2,1H3. The molecule has 0 radical (unpaired) electrons. The van der Waals surface area contributed by atoms with E-state index in [4.69, 9.17) is 0 Å². The van der Waals surface area contributed by atoms with Crippen molar-refractivity contribution >= 4 is 5.82 Å². The minimum Gasteiger partial charge on any atom is -0.391 e. The van der Waals surface area contributed by atoms with E-state index in [1.165, 1.54) is 12.3 Å². The van der Waals surface area contributed by atoms with Crippen LogP contribution in [0.1, 0.15) is 13.3 Å². The molecule has 3 nitrogen and oxygen atoms in total. The number of halogens is 1. The van der Waals surface area contributed by atoms with E-state index in [1.807, 2.05) is 11.8 Å². The van der Waals surface area contributed by atoms with Crippen LogP contribution in [0.5, 0.6) is 0 Å². The predicted molar refractivity (Wildman–Crippen MR) is 56.2 cm³/mol. The van der Waals surface area contributed by atoms with Crippen LogP contribution in [0.15, 0.2) is 18.3 Å². The molecule has 2 unspecified atom stereocenters. The summed E-state index contributed by atoms with van der Waals surface area (Å²) >= 11 is 0. The summed E-state index contributed by atoms with van der Waals surface area (Å²) in [5.41, 5.74) is 0. The van der Waals surface area contributed by atoms with Gasteiger partial charge in [0.05, 0.1) is 12.3 Å². The molecular formula is C11H15FN2O. The van der Waals surface area contributed by atoms with E-state index in [0.717, 1.165) is 18.8 Å². The van der Waals surface area contributed by atoms with Crippen molar-refractivity contribution in [1.82, 2.24) is 4.98 Å². The van der Waals surface area contributed by atoms with Gasteiger partial charge < -0.3 is 10.0 Å². The molecule has 1 aliphatic rings. The smallest absolute Gasteiger partial charge is 0.141 e. The molecule has 0 aliphatic carbocycles. The van der Waals surface area contributed by atoms with Gasteiger partial charge in [0.15, 0.2) is 0 Å². The molecule has 1 saturated heterocycles. The first-order valence-corrected chi connectivity index (χ1v) is 5.21. The highest BCUT2D eigenvalue weighted by molar-refractivity contribution is 5.38. The highest BCUT2D eigenvalue weighted by atomic mass is 19.1. The molecule has 1 N–H and O–H groups in total. The second kappa shape index (κ2) is 4.14. The molecule has 15 heavy (non-hydrogen) atoms. The van der Waals surface area contributed by atoms with Crippen LogP contribution in [-0.2, 0) is 0 Å². The van der Waals surface area contributed by atoms with Crippen LogP contribution in [-0.4, -0.2) is 29.3 Å². The zero-order valence-electron chi connectivity index (χ0n) is 8.73. The van der Waals surface area contributed by atoms with Gasteiger partial charge in [-0.2, -0.15) is 0 Å². The van der Waals surface area contributed by atoms with Gasteiger partial charge in [-0.25, -0.2) is 9.37 Å². The number of hydrogen-bond acceptors (Lipinski definition) is 3. The third kappa shape index (κ3) is 2.26. The van der Waals surface area contributed by atoms with Crippen molar-refractivity contribution in [3.05, 3.63) is 24.1 Å². The zero-order chi connectivity index (χ0) is 10.8. The fourth-order valence-electron chi connectivity index (χ4n) is 1.81. The molecule has 1 aromatic heterocycles. The number of aromatic nitrogens is 1. The summed E-state index contributed by atoms with van der Waals surface area (Å²) in [6.07, 6.45) is 1.84. The summed E-state index contributed by atoms with van der Waals surface area (Å²) in [6, 6.07) is 3.05. The molecule has 4 heteroatoms. The molecule has 82 valence electrons. The lowest BCUT2D eigenvalue weighted by Crippen LogP contribution is -2.43. The highest BCUT2D eigenvalue weighted by Crippen LogP contribution is 2.21. The molecule has 0 saturated carbocycles. The number of nitrogens with zero attached hydrogens (tertiary/aromatic N) is 2. The van der Waals surface area contributed by atoms with Gasteiger partial charge in [0.25, 0.3) is 0 Å². The lowest BCUT2D eigenvalue weighted by Gasteiger charge is -2.34. The van der Waals surface area contributed by atoms with E-state index in [1.54, 1.807) is 6.07 Å². The number of pyridine rings is 1. The topological polar surface area (TPSA) is 36.4 Å². The summed E-state index contributed by atoms with van der Waals surface area (Å²) < 4.78 is 12.7. The average Bonchev–Trinajstić information content (AvgIpc) is 2.23. The van der Waals surface area contributed by atoms with Gasteiger partial charge in [0, 0.05) is 13.1 Å². The Balaban J connectivity index is 2.08. The minimum absolute atomic E-state index is 0.314. The van der Waals surface area contributed by atoms with E-state index in [2.05, 4.69) is 4.98 Å². The first-order valence-electron chi connectivity index (χ1n) is 5.21. The Hall–Kier alpha value is -1.16. The van der Waals surface area contributed by atoms with Crippen molar-refractivity contribution in [2.75, 3.05) is 18.0 Å². The third-order valence-corrected chi connectivity index (χ3v) is 2.95. The van der Waals surface area contributed by atoms with Gasteiger partial charge in [-0.1, -0.05) is 6.92 Å². The second-order valence-corrected chi connectivity index (χ2v) is 4.11. The summed E-state index contributed by atoms with van der Waals surface area (Å²) in [4.78, 5) is 5.99. The van der Waals surface area contributed by atoms with Crippen LogP contribution in [0, 0.1) is 11.7 Å². The fourth-order valence-corrected chi connectivity index (χ4v) is 1.81. The fraction of sp³-hybridized carbons (Fsp3) is 0.545. The summed E-state index contributed by atoms with van der Waals surface area (Å²) in [6.45, 7) is 3.50. The van der Waals surface area contributed by atoms with Crippen molar-refractivity contribution in [2.45, 2.75) is 19.4 Å². The van der Waals surface area contributed by atoms with E-state index >= 15 is 0 Å². The lowest BCUT2D eigenvalue weighted by molar-refractivity contribution is 0.102. The van der Waals surface area contributed by atoms with Crippen LogP contribution in [0.2, 0.25) is 0 Å². The van der Waals surface area contributed by atoms with E-state index in [-0.39, 0.29) is 11.9 Å². The Labute approximate surface area is 88.6 Å². The van der Waals surface area contributed by atoms with Crippen molar-refractivity contribution in [1.29, 1.82) is 0 Å². The largest absolute Gasteiger partial charge is 0.391 e. The van der Waals surface area contributed by atoms with Crippen molar-refractivity contribution in [3.8, 4) is 0 Å². The van der Waals surface area contributed by atoms with Gasteiger partial charge in [0.2, 0.25) is 0 Å². The SMILES string of the molecule is CC1CCN(c2ccc(F)cn2)CC1O. The Kier molecular flexibility index (Phi) is 2.86. The molecule has 0 spiro atoms. The highest BCUT2D eigenvalue weighted by Gasteiger charge is 2.24. The van der Waals surface area contributed by atoms with Gasteiger partial charge in [-0.15, -0.1) is 0 Å². The molecule has 1 aromatic rings. The van der Waals surface area contributed by atoms with Crippen LogP contribution >= 0.6 is 0 Å². The van der Waals surface area contributed by atoms with Crippen LogP contribution < -0.4 is 4.90 Å². The molecule has 0 amide bonds. The first kappa shape index (κ1) is 10.4. The number of hydrogen-bond donors (Lipinski definition) is 1. The predicted octanol–water partition coefficient (Wildman–Crippen LogP) is 1.43. The second-order valence-electron chi connectivity index (χ2n) is 4.11. The maximum atomic E-state index is 12.7. The Morgan fingerprint density at radius 2 is 2.33 bits per heavy atom. The molecule has 1 fully saturated rings. The van der Waals surface area contributed by atoms with E-state index < -0.39 is 0 Å². The van der Waals surface area contributed by atoms with Gasteiger partial charge in [-0.3, -0.25) is 0 Å². The summed E-state index contributed by atoms with van der Waals surface area (Å²) in [7, 11) is 0. The van der Waals surface area contributed by atoms with Crippen molar-refractivity contribution < 1.29 is 9.50 Å². The lowest BCUT2D eigenvalue weighted by atomic mass is 9.96. The van der Waals surface area contributed by atoms with Gasteiger partial charge in [0.1, 0.15) is 11.6 Å². The van der Waals surface area contributed by atoms with Crippen LogP contribution in [0.25, 0.3) is 0 Å². The molecule has 0 bridgehead atoms. The minimum atomic E-state index is -0.329. The average molecular weight is 210 g/mol. The molecule has 0 aromatic carbocycles. The van der Waals surface area contributed by atoms with Crippen LogP contribution in [0.3, 0.4) is 0 Å². The number of rotatable bonds is 1. The quantitative estimate of drug-likeness (QED) is 0.761. The normalized spacial score (nSPS) is 26.7. The summed E-state index contributed by atoms with van der Waals surface area (Å²) in [5, 5.41) is 9.72. The number of piperidine rings is 1. The van der Waals surface area contributed by atoms with Crippen molar-refractivity contribution in [3.63, 3.8) is 0 Å². The maximum Gasteiger partial charge on any atom is 0.141 e. The number of β-amino-alcohol motifs (C(OH)–C–C–N with tert-alkyl or cyclic N) is 1. The Bertz CT molecular complexity index is 328. The molecule has 2 atom stereocenters. The van der Waals surface area contributed by atoms with E-state index in [0.29, 0.717) is 12.5 Å². The Morgan fingerprint density at radius 3 is 2.93 bits per heavy atom. The molecule has 2 heterocycles. The monoisotopic (exact) mass is 210 g/mol. The zero-order valence-corrected chi connectivity index (χ0v) is 8.73. The maximum absolute atomic E-state index is 12.7. The van der Waals surface area contributed by atoms with Gasteiger partial charge in [-0.05, 0) is 24.5 Å². The number of aliphatic hydroxyl groups excluding tert-OH is 1. The van der Waals surface area contributed by atoms with Crippen LogP contribution in [0.4, 0.5) is 10.2 Å². The Morgan fingerprint density at radius 1 is 1.53 bits per heavy atom. The summed E-state index contributed by atoms with van der Waals surface area (Å²) in [5.74, 6) is 0.744. The molecular weight excluding hydrogens is 195 g/mol. The molecule has 2 rings (SSSR count). The number of anilines is 1. The molecule has 1 aliphatic heterocycles. The number of aliphatic hydroxyl groups is 1. The third-order valence-electron chi connectivity index (χ3n) is 2.95. The van der Waals surface area contributed by atoms with E-state index in [9.17, 15) is 9.50 Å².